The standard InChI is InChI=1S/C19H25ClN4S/c1-2-21-19(22-14-15-5-3-6-16(20)13-15)23-17-8-10-24(11-9-17)18-7-4-12-25-18/h3-7,12-13,17H,2,8-11,14H2,1H3,(H2,21,22,23). The number of hydrogen-bond acceptors (Lipinski definition) is 3. The maximum absolute atomic E-state index is 6.05. The highest BCUT2D eigenvalue weighted by Crippen LogP contribution is 2.24. The van der Waals surface area contributed by atoms with Gasteiger partial charge in [0.25, 0.3) is 0 Å². The van der Waals surface area contributed by atoms with Gasteiger partial charge < -0.3 is 15.5 Å². The summed E-state index contributed by atoms with van der Waals surface area (Å²) in [7, 11) is 0. The van der Waals surface area contributed by atoms with Gasteiger partial charge in [-0.1, -0.05) is 23.7 Å². The molecule has 0 saturated carbocycles. The van der Waals surface area contributed by atoms with Crippen molar-refractivity contribution in [3.63, 3.8) is 0 Å². The quantitative estimate of drug-likeness (QED) is 0.609. The van der Waals surface area contributed by atoms with Crippen LogP contribution in [0.4, 0.5) is 5.00 Å². The van der Waals surface area contributed by atoms with E-state index in [2.05, 4.69) is 46.0 Å². The molecule has 1 fully saturated rings. The first kappa shape index (κ1) is 18.1. The van der Waals surface area contributed by atoms with Crippen molar-refractivity contribution in [3.8, 4) is 0 Å². The van der Waals surface area contributed by atoms with E-state index in [0.717, 1.165) is 49.0 Å². The Kier molecular flexibility index (Phi) is 6.59. The number of rotatable bonds is 5. The average Bonchev–Trinajstić information content (AvgIpc) is 3.15. The van der Waals surface area contributed by atoms with Crippen molar-refractivity contribution < 1.29 is 0 Å². The number of thiophene rings is 1. The van der Waals surface area contributed by atoms with E-state index in [1.54, 1.807) is 0 Å². The molecule has 0 aliphatic carbocycles. The minimum absolute atomic E-state index is 0.466. The van der Waals surface area contributed by atoms with E-state index in [9.17, 15) is 0 Å². The summed E-state index contributed by atoms with van der Waals surface area (Å²) in [6.45, 7) is 5.76. The Balaban J connectivity index is 1.54. The number of benzene rings is 1. The maximum Gasteiger partial charge on any atom is 0.191 e. The second kappa shape index (κ2) is 9.11. The zero-order chi connectivity index (χ0) is 17.5. The third-order valence-corrected chi connectivity index (χ3v) is 5.47. The van der Waals surface area contributed by atoms with Gasteiger partial charge in [-0.05, 0) is 55.0 Å². The second-order valence-electron chi connectivity index (χ2n) is 6.18. The van der Waals surface area contributed by atoms with Gasteiger partial charge in [0, 0.05) is 30.7 Å². The number of halogens is 1. The van der Waals surface area contributed by atoms with Gasteiger partial charge in [0.1, 0.15) is 0 Å². The summed E-state index contributed by atoms with van der Waals surface area (Å²) in [4.78, 5) is 7.18. The first-order chi connectivity index (χ1) is 12.2. The molecule has 1 saturated heterocycles. The molecule has 0 unspecified atom stereocenters. The van der Waals surface area contributed by atoms with Crippen LogP contribution in [0.2, 0.25) is 5.02 Å². The van der Waals surface area contributed by atoms with Crippen LogP contribution in [-0.4, -0.2) is 31.6 Å². The molecule has 0 atom stereocenters. The van der Waals surface area contributed by atoms with Gasteiger partial charge in [-0.15, -0.1) is 11.3 Å². The van der Waals surface area contributed by atoms with Crippen LogP contribution in [0.15, 0.2) is 46.8 Å². The molecule has 6 heteroatoms. The lowest BCUT2D eigenvalue weighted by atomic mass is 10.1. The SMILES string of the molecule is CCNC(=NCc1cccc(Cl)c1)NC1CCN(c2cccs2)CC1. The molecule has 2 heterocycles. The fourth-order valence-corrected chi connectivity index (χ4v) is 4.01. The van der Waals surface area contributed by atoms with Gasteiger partial charge in [-0.3, -0.25) is 0 Å². The van der Waals surface area contributed by atoms with Gasteiger partial charge in [0.15, 0.2) is 5.96 Å². The summed E-state index contributed by atoms with van der Waals surface area (Å²) in [5.41, 5.74) is 1.12. The highest BCUT2D eigenvalue weighted by Gasteiger charge is 2.20. The van der Waals surface area contributed by atoms with E-state index in [-0.39, 0.29) is 0 Å². The van der Waals surface area contributed by atoms with Crippen molar-refractivity contribution in [1.29, 1.82) is 0 Å². The highest BCUT2D eigenvalue weighted by molar-refractivity contribution is 7.14. The Morgan fingerprint density at radius 1 is 1.28 bits per heavy atom. The molecule has 134 valence electrons. The molecule has 4 nitrogen and oxygen atoms in total. The Morgan fingerprint density at radius 3 is 2.80 bits per heavy atom. The summed E-state index contributed by atoms with van der Waals surface area (Å²) in [5, 5.41) is 11.2. The smallest absolute Gasteiger partial charge is 0.191 e. The lowest BCUT2D eigenvalue weighted by Gasteiger charge is -2.33. The van der Waals surface area contributed by atoms with E-state index in [4.69, 9.17) is 16.6 Å². The van der Waals surface area contributed by atoms with Crippen molar-refractivity contribution in [2.24, 2.45) is 4.99 Å². The molecule has 1 aliphatic heterocycles. The van der Waals surface area contributed by atoms with Gasteiger partial charge in [0.05, 0.1) is 11.5 Å². The number of nitrogens with zero attached hydrogens (tertiary/aromatic N) is 2. The number of hydrogen-bond donors (Lipinski definition) is 2. The molecule has 1 aromatic carbocycles. The summed E-state index contributed by atoms with van der Waals surface area (Å²) >= 11 is 7.87. The second-order valence-corrected chi connectivity index (χ2v) is 7.54. The molecule has 3 rings (SSSR count). The maximum atomic E-state index is 6.05. The molecule has 0 bridgehead atoms. The summed E-state index contributed by atoms with van der Waals surface area (Å²) < 4.78 is 0. The molecular weight excluding hydrogens is 352 g/mol. The third kappa shape index (κ3) is 5.38. The zero-order valence-corrected chi connectivity index (χ0v) is 16.1. The molecule has 2 aromatic rings. The van der Waals surface area contributed by atoms with Crippen LogP contribution < -0.4 is 15.5 Å². The summed E-state index contributed by atoms with van der Waals surface area (Å²) in [6, 6.07) is 12.7. The van der Waals surface area contributed by atoms with Crippen molar-refractivity contribution in [1.82, 2.24) is 10.6 Å². The van der Waals surface area contributed by atoms with Gasteiger partial charge >= 0.3 is 0 Å². The lowest BCUT2D eigenvalue weighted by molar-refractivity contribution is 0.463. The van der Waals surface area contributed by atoms with Crippen LogP contribution in [0.1, 0.15) is 25.3 Å². The van der Waals surface area contributed by atoms with Crippen LogP contribution >= 0.6 is 22.9 Å². The zero-order valence-electron chi connectivity index (χ0n) is 14.5. The summed E-state index contributed by atoms with van der Waals surface area (Å²) in [6.07, 6.45) is 2.25. The molecule has 0 radical (unpaired) electrons. The van der Waals surface area contributed by atoms with Crippen molar-refractivity contribution in [2.75, 3.05) is 24.5 Å². The molecule has 1 aromatic heterocycles. The number of anilines is 1. The molecule has 0 spiro atoms. The van der Waals surface area contributed by atoms with Crippen LogP contribution in [-0.2, 0) is 6.54 Å². The summed E-state index contributed by atoms with van der Waals surface area (Å²) in [5.74, 6) is 0.886. The number of nitrogens with one attached hydrogen (secondary N) is 2. The minimum Gasteiger partial charge on any atom is -0.363 e. The van der Waals surface area contributed by atoms with Crippen LogP contribution in [0.5, 0.6) is 0 Å². The predicted molar refractivity (Wildman–Crippen MR) is 109 cm³/mol. The van der Waals surface area contributed by atoms with E-state index in [0.29, 0.717) is 12.6 Å². The van der Waals surface area contributed by atoms with Gasteiger partial charge in [-0.2, -0.15) is 0 Å². The van der Waals surface area contributed by atoms with E-state index < -0.39 is 0 Å². The normalized spacial score (nSPS) is 16.1. The Bertz CT molecular complexity index is 678. The molecule has 25 heavy (non-hydrogen) atoms. The Morgan fingerprint density at radius 2 is 2.12 bits per heavy atom. The number of aliphatic imine (C=N–C) groups is 1. The van der Waals surface area contributed by atoms with Gasteiger partial charge in [-0.25, -0.2) is 4.99 Å². The third-order valence-electron chi connectivity index (χ3n) is 4.31. The monoisotopic (exact) mass is 376 g/mol. The first-order valence-electron chi connectivity index (χ1n) is 8.82. The first-order valence-corrected chi connectivity index (χ1v) is 10.1. The molecule has 1 aliphatic rings. The topological polar surface area (TPSA) is 39.7 Å². The van der Waals surface area contributed by atoms with Gasteiger partial charge in [0.2, 0.25) is 0 Å². The fraction of sp³-hybridized carbons (Fsp3) is 0.421. The van der Waals surface area contributed by atoms with E-state index in [1.165, 1.54) is 5.00 Å². The minimum atomic E-state index is 0.466. The molecule has 0 amide bonds. The number of guanidine groups is 1. The van der Waals surface area contributed by atoms with E-state index >= 15 is 0 Å². The van der Waals surface area contributed by atoms with Crippen LogP contribution in [0.25, 0.3) is 0 Å². The van der Waals surface area contributed by atoms with Crippen molar-refractivity contribution in [2.45, 2.75) is 32.4 Å². The van der Waals surface area contributed by atoms with Crippen LogP contribution in [0, 0.1) is 0 Å². The molecular formula is C19H25ClN4S. The largest absolute Gasteiger partial charge is 0.363 e. The number of piperidine rings is 1. The fourth-order valence-electron chi connectivity index (χ4n) is 3.01. The average molecular weight is 377 g/mol. The highest BCUT2D eigenvalue weighted by atomic mass is 35.5. The van der Waals surface area contributed by atoms with Crippen molar-refractivity contribution in [3.05, 3.63) is 52.4 Å². The molecule has 2 N–H and O–H groups in total. The van der Waals surface area contributed by atoms with Crippen molar-refractivity contribution >= 4 is 33.9 Å². The van der Waals surface area contributed by atoms with Crippen LogP contribution in [0.3, 0.4) is 0 Å². The Labute approximate surface area is 158 Å². The lowest BCUT2D eigenvalue weighted by Crippen LogP contribution is -2.48. The Hall–Kier alpha value is -1.72. The van der Waals surface area contributed by atoms with E-state index in [1.807, 2.05) is 29.5 Å². The predicted octanol–water partition coefficient (Wildman–Crippen LogP) is 4.13.